The van der Waals surface area contributed by atoms with Gasteiger partial charge in [-0.1, -0.05) is 18.2 Å². The number of ether oxygens (including phenoxy) is 1. The fraction of sp³-hybridized carbons (Fsp3) is 0.318. The highest BCUT2D eigenvalue weighted by molar-refractivity contribution is 6.35. The number of carbonyl (C=O) groups excluding carboxylic acids is 3. The third kappa shape index (κ3) is 3.79. The summed E-state index contributed by atoms with van der Waals surface area (Å²) >= 11 is 0. The number of para-hydroxylation sites is 1. The Hall–Kier alpha value is -3.03. The Bertz CT molecular complexity index is 966. The highest BCUT2D eigenvalue weighted by atomic mass is 16.5. The van der Waals surface area contributed by atoms with Crippen LogP contribution in [0.4, 0.5) is 5.69 Å². The van der Waals surface area contributed by atoms with Crippen LogP contribution in [0.1, 0.15) is 36.6 Å². The summed E-state index contributed by atoms with van der Waals surface area (Å²) in [5.41, 5.74) is 2.36. The first-order valence-corrected chi connectivity index (χ1v) is 9.73. The van der Waals surface area contributed by atoms with Crippen molar-refractivity contribution < 1.29 is 19.1 Å². The van der Waals surface area contributed by atoms with Gasteiger partial charge < -0.3 is 10.1 Å². The number of carbonyl (C=O) groups is 3. The highest BCUT2D eigenvalue weighted by Gasteiger charge is 2.37. The maximum atomic E-state index is 12.9. The number of morpholine rings is 1. The molecule has 2 heterocycles. The molecule has 1 saturated heterocycles. The quantitative estimate of drug-likeness (QED) is 0.785. The molecular weight excluding hydrogens is 370 g/mol. The fourth-order valence-corrected chi connectivity index (χ4v) is 3.67. The van der Waals surface area contributed by atoms with Gasteiger partial charge in [-0.05, 0) is 36.8 Å². The van der Waals surface area contributed by atoms with E-state index in [1.165, 1.54) is 11.0 Å². The molecule has 3 amide bonds. The van der Waals surface area contributed by atoms with Gasteiger partial charge in [0, 0.05) is 31.7 Å². The molecule has 1 N–H and O–H groups in total. The molecule has 7 nitrogen and oxygen atoms in total. The molecule has 0 radical (unpaired) electrons. The third-order valence-corrected chi connectivity index (χ3v) is 5.32. The number of aryl methyl sites for hydroxylation is 1. The molecule has 0 atom stereocenters. The molecule has 150 valence electrons. The Morgan fingerprint density at radius 2 is 1.76 bits per heavy atom. The molecule has 0 unspecified atom stereocenters. The summed E-state index contributed by atoms with van der Waals surface area (Å²) in [6.45, 7) is 6.27. The molecule has 2 aliphatic rings. The van der Waals surface area contributed by atoms with E-state index < -0.39 is 5.91 Å². The van der Waals surface area contributed by atoms with Gasteiger partial charge in [0.15, 0.2) is 0 Å². The van der Waals surface area contributed by atoms with Crippen molar-refractivity contribution in [2.45, 2.75) is 6.92 Å². The van der Waals surface area contributed by atoms with Gasteiger partial charge in [-0.15, -0.1) is 0 Å². The molecule has 0 spiro atoms. The van der Waals surface area contributed by atoms with Crippen molar-refractivity contribution >= 4 is 23.4 Å². The van der Waals surface area contributed by atoms with Crippen molar-refractivity contribution in [1.82, 2.24) is 10.2 Å². The van der Waals surface area contributed by atoms with E-state index in [0.717, 1.165) is 25.2 Å². The van der Waals surface area contributed by atoms with E-state index >= 15 is 0 Å². The van der Waals surface area contributed by atoms with Gasteiger partial charge in [0.05, 0.1) is 30.0 Å². The normalized spacial score (nSPS) is 16.8. The summed E-state index contributed by atoms with van der Waals surface area (Å²) in [4.78, 5) is 41.6. The van der Waals surface area contributed by atoms with E-state index in [4.69, 9.17) is 4.74 Å². The predicted octanol–water partition coefficient (Wildman–Crippen LogP) is 1.86. The smallest absolute Gasteiger partial charge is 0.266 e. The Kier molecular flexibility index (Phi) is 5.42. The van der Waals surface area contributed by atoms with Crippen LogP contribution in [0.3, 0.4) is 0 Å². The van der Waals surface area contributed by atoms with E-state index in [9.17, 15) is 14.4 Å². The zero-order valence-corrected chi connectivity index (χ0v) is 16.3. The number of anilines is 1. The van der Waals surface area contributed by atoms with Gasteiger partial charge in [0.2, 0.25) is 0 Å². The van der Waals surface area contributed by atoms with Gasteiger partial charge in [0.25, 0.3) is 17.7 Å². The van der Waals surface area contributed by atoms with Crippen molar-refractivity contribution in [3.63, 3.8) is 0 Å². The van der Waals surface area contributed by atoms with Crippen LogP contribution in [0.5, 0.6) is 0 Å². The van der Waals surface area contributed by atoms with Crippen LogP contribution < -0.4 is 10.2 Å². The molecular formula is C22H23N3O4. The number of amides is 3. The summed E-state index contributed by atoms with van der Waals surface area (Å²) in [5.74, 6) is -1.02. The summed E-state index contributed by atoms with van der Waals surface area (Å²) in [7, 11) is 0. The van der Waals surface area contributed by atoms with Crippen molar-refractivity contribution in [3.8, 4) is 0 Å². The second kappa shape index (κ2) is 8.14. The van der Waals surface area contributed by atoms with Crippen LogP contribution in [0.25, 0.3) is 0 Å². The lowest BCUT2D eigenvalue weighted by atomic mass is 10.1. The summed E-state index contributed by atoms with van der Waals surface area (Å²) in [6, 6.07) is 11.9. The van der Waals surface area contributed by atoms with Crippen molar-refractivity contribution in [3.05, 3.63) is 64.7 Å². The second-order valence-corrected chi connectivity index (χ2v) is 7.20. The highest BCUT2D eigenvalue weighted by Crippen LogP contribution is 2.30. The van der Waals surface area contributed by atoms with Gasteiger partial charge in [-0.2, -0.15) is 0 Å². The number of nitrogens with one attached hydrogen (secondary N) is 1. The van der Waals surface area contributed by atoms with Gasteiger partial charge in [-0.3, -0.25) is 19.3 Å². The lowest BCUT2D eigenvalue weighted by Gasteiger charge is -2.26. The molecule has 0 saturated carbocycles. The van der Waals surface area contributed by atoms with Gasteiger partial charge in [-0.25, -0.2) is 4.90 Å². The minimum atomic E-state index is -0.401. The van der Waals surface area contributed by atoms with Crippen molar-refractivity contribution in [2.75, 3.05) is 44.3 Å². The molecule has 0 bridgehead atoms. The van der Waals surface area contributed by atoms with Gasteiger partial charge >= 0.3 is 0 Å². The minimum Gasteiger partial charge on any atom is -0.379 e. The molecule has 2 aromatic carbocycles. The van der Waals surface area contributed by atoms with Crippen LogP contribution in [0, 0.1) is 6.92 Å². The lowest BCUT2D eigenvalue weighted by molar-refractivity contribution is 0.0383. The Labute approximate surface area is 169 Å². The first-order valence-electron chi connectivity index (χ1n) is 9.73. The van der Waals surface area contributed by atoms with Crippen molar-refractivity contribution in [2.24, 2.45) is 0 Å². The van der Waals surface area contributed by atoms with Crippen molar-refractivity contribution in [1.29, 1.82) is 0 Å². The summed E-state index contributed by atoms with van der Waals surface area (Å²) in [5, 5.41) is 2.88. The fourth-order valence-electron chi connectivity index (χ4n) is 3.67. The molecule has 2 aliphatic heterocycles. The molecule has 4 rings (SSSR count). The Morgan fingerprint density at radius 3 is 2.52 bits per heavy atom. The first-order chi connectivity index (χ1) is 14.1. The van der Waals surface area contributed by atoms with E-state index in [1.807, 2.05) is 19.1 Å². The van der Waals surface area contributed by atoms with Crippen LogP contribution in [-0.4, -0.2) is 62.0 Å². The number of imide groups is 1. The maximum Gasteiger partial charge on any atom is 0.266 e. The largest absolute Gasteiger partial charge is 0.379 e. The molecule has 29 heavy (non-hydrogen) atoms. The van der Waals surface area contributed by atoms with Crippen LogP contribution in [0.15, 0.2) is 42.5 Å². The van der Waals surface area contributed by atoms with E-state index in [2.05, 4.69) is 10.2 Å². The van der Waals surface area contributed by atoms with Crippen LogP contribution in [-0.2, 0) is 4.74 Å². The molecule has 1 fully saturated rings. The zero-order valence-electron chi connectivity index (χ0n) is 16.3. The Morgan fingerprint density at radius 1 is 1.03 bits per heavy atom. The van der Waals surface area contributed by atoms with E-state index in [1.54, 1.807) is 24.3 Å². The second-order valence-electron chi connectivity index (χ2n) is 7.20. The average molecular weight is 393 g/mol. The molecule has 0 aromatic heterocycles. The lowest BCUT2D eigenvalue weighted by Crippen LogP contribution is -2.41. The average Bonchev–Trinajstić information content (AvgIpc) is 2.99. The SMILES string of the molecule is Cc1ccccc1N1C(=O)c2ccc(C(=O)NCCN3CCOCC3)cc2C1=O. The number of rotatable bonds is 5. The summed E-state index contributed by atoms with van der Waals surface area (Å²) in [6.07, 6.45) is 0. The number of fused-ring (bicyclic) bond motifs is 1. The van der Waals surface area contributed by atoms with E-state index in [-0.39, 0.29) is 17.4 Å². The number of hydrogen-bond donors (Lipinski definition) is 1. The standard InChI is InChI=1S/C22H23N3O4/c1-15-4-2-3-5-19(15)25-21(27)17-7-6-16(14-18(17)22(25)28)20(26)23-8-9-24-10-12-29-13-11-24/h2-7,14H,8-13H2,1H3,(H,23,26). The number of nitrogens with zero attached hydrogens (tertiary/aromatic N) is 2. The predicted molar refractivity (Wildman–Crippen MR) is 108 cm³/mol. The maximum absolute atomic E-state index is 12.9. The Balaban J connectivity index is 1.47. The molecule has 7 heteroatoms. The molecule has 0 aliphatic carbocycles. The minimum absolute atomic E-state index is 0.254. The summed E-state index contributed by atoms with van der Waals surface area (Å²) < 4.78 is 5.31. The third-order valence-electron chi connectivity index (χ3n) is 5.32. The first kappa shape index (κ1) is 19.3. The van der Waals surface area contributed by atoms with Gasteiger partial charge in [0.1, 0.15) is 0 Å². The number of hydrogen-bond acceptors (Lipinski definition) is 5. The van der Waals surface area contributed by atoms with Crippen LogP contribution >= 0.6 is 0 Å². The monoisotopic (exact) mass is 393 g/mol. The van der Waals surface area contributed by atoms with E-state index in [0.29, 0.717) is 36.6 Å². The topological polar surface area (TPSA) is 79.0 Å². The van der Waals surface area contributed by atoms with Crippen LogP contribution in [0.2, 0.25) is 0 Å². The molecule has 2 aromatic rings. The zero-order chi connectivity index (χ0) is 20.4. The number of benzene rings is 2.